The number of nitrogens with zero attached hydrogens (tertiary/aromatic N) is 2. The van der Waals surface area contributed by atoms with Gasteiger partial charge in [0.2, 0.25) is 5.88 Å². The minimum absolute atomic E-state index is 0.114. The van der Waals surface area contributed by atoms with Gasteiger partial charge in [-0.2, -0.15) is 0 Å². The van der Waals surface area contributed by atoms with Crippen LogP contribution in [0.15, 0.2) is 59.1 Å². The Morgan fingerprint density at radius 1 is 1.23 bits per heavy atom. The first kappa shape index (κ1) is 20.8. The molecule has 1 saturated heterocycles. The highest BCUT2D eigenvalue weighted by atomic mass is 79.9. The number of halogens is 1. The lowest BCUT2D eigenvalue weighted by molar-refractivity contribution is -0.149. The average molecular weight is 469 g/mol. The van der Waals surface area contributed by atoms with E-state index in [4.69, 9.17) is 9.47 Å². The van der Waals surface area contributed by atoms with Crippen molar-refractivity contribution in [2.75, 3.05) is 20.3 Å². The molecule has 5 nitrogen and oxygen atoms in total. The fourth-order valence-electron chi connectivity index (χ4n) is 4.30. The third-order valence-corrected chi connectivity index (χ3v) is 6.08. The number of ether oxygens (including phenoxy) is 2. The second kappa shape index (κ2) is 9.14. The molecule has 2 heterocycles. The van der Waals surface area contributed by atoms with Crippen molar-refractivity contribution in [1.82, 2.24) is 9.88 Å². The maximum absolute atomic E-state index is 12.8. The van der Waals surface area contributed by atoms with Gasteiger partial charge in [-0.15, -0.1) is 0 Å². The standard InChI is InChI=1S/C24H25BrN2O3/c1-3-30-24(28)21-10-7-13-27(21)23(16-8-5-4-6-9-16)19-15-22(29-2)26-20-12-11-17(25)14-18(19)20/h4-6,8-9,11-12,14-15,21,23H,3,7,10,13H2,1-2H3. The third-order valence-electron chi connectivity index (χ3n) is 5.58. The number of hydrogen-bond donors (Lipinski definition) is 0. The van der Waals surface area contributed by atoms with Gasteiger partial charge in [-0.3, -0.25) is 9.69 Å². The number of fused-ring (bicyclic) bond motifs is 1. The summed E-state index contributed by atoms with van der Waals surface area (Å²) in [6.07, 6.45) is 1.75. The Bertz CT molecular complexity index is 1040. The molecular weight excluding hydrogens is 444 g/mol. The van der Waals surface area contributed by atoms with Gasteiger partial charge < -0.3 is 9.47 Å². The molecule has 4 rings (SSSR count). The monoisotopic (exact) mass is 468 g/mol. The van der Waals surface area contributed by atoms with E-state index in [0.717, 1.165) is 45.9 Å². The van der Waals surface area contributed by atoms with Crippen LogP contribution < -0.4 is 4.74 Å². The van der Waals surface area contributed by atoms with E-state index < -0.39 is 0 Å². The van der Waals surface area contributed by atoms with E-state index in [1.54, 1.807) is 7.11 Å². The lowest BCUT2D eigenvalue weighted by atomic mass is 9.93. The molecule has 0 amide bonds. The number of pyridine rings is 1. The van der Waals surface area contributed by atoms with E-state index in [9.17, 15) is 4.79 Å². The van der Waals surface area contributed by atoms with E-state index in [1.165, 1.54) is 0 Å². The van der Waals surface area contributed by atoms with Gasteiger partial charge in [0, 0.05) is 22.5 Å². The zero-order valence-corrected chi connectivity index (χ0v) is 18.8. The smallest absolute Gasteiger partial charge is 0.323 e. The number of carbonyl (C=O) groups excluding carboxylic acids is 1. The summed E-state index contributed by atoms with van der Waals surface area (Å²) in [7, 11) is 1.63. The number of rotatable bonds is 6. The molecule has 6 heteroatoms. The summed E-state index contributed by atoms with van der Waals surface area (Å²) in [5.41, 5.74) is 3.06. The van der Waals surface area contributed by atoms with Crippen LogP contribution in [-0.2, 0) is 9.53 Å². The molecule has 2 aromatic carbocycles. The van der Waals surface area contributed by atoms with Crippen LogP contribution in [0.5, 0.6) is 5.88 Å². The molecule has 0 spiro atoms. The van der Waals surface area contributed by atoms with Crippen LogP contribution in [0.3, 0.4) is 0 Å². The van der Waals surface area contributed by atoms with Gasteiger partial charge in [-0.05, 0) is 49.1 Å². The first-order valence-electron chi connectivity index (χ1n) is 10.2. The van der Waals surface area contributed by atoms with Gasteiger partial charge in [0.1, 0.15) is 6.04 Å². The van der Waals surface area contributed by atoms with Crippen molar-refractivity contribution < 1.29 is 14.3 Å². The molecule has 156 valence electrons. The summed E-state index contributed by atoms with van der Waals surface area (Å²) < 4.78 is 11.9. The van der Waals surface area contributed by atoms with Crippen molar-refractivity contribution in [1.29, 1.82) is 0 Å². The van der Waals surface area contributed by atoms with E-state index >= 15 is 0 Å². The fourth-order valence-corrected chi connectivity index (χ4v) is 4.67. The van der Waals surface area contributed by atoms with E-state index in [2.05, 4.69) is 44.0 Å². The number of methoxy groups -OCH3 is 1. The highest BCUT2D eigenvalue weighted by Crippen LogP contribution is 2.39. The molecule has 1 aromatic heterocycles. The molecule has 0 aliphatic carbocycles. The van der Waals surface area contributed by atoms with Crippen LogP contribution in [0.25, 0.3) is 10.9 Å². The van der Waals surface area contributed by atoms with Gasteiger partial charge in [0.15, 0.2) is 0 Å². The van der Waals surface area contributed by atoms with E-state index in [0.29, 0.717) is 12.5 Å². The first-order chi connectivity index (χ1) is 14.6. The summed E-state index contributed by atoms with van der Waals surface area (Å²) in [6.45, 7) is 3.06. The molecular formula is C24H25BrN2O3. The van der Waals surface area contributed by atoms with Gasteiger partial charge in [0.25, 0.3) is 0 Å². The number of hydrogen-bond acceptors (Lipinski definition) is 5. The van der Waals surface area contributed by atoms with Crippen LogP contribution in [-0.4, -0.2) is 42.2 Å². The summed E-state index contributed by atoms with van der Waals surface area (Å²) in [5, 5.41) is 1.04. The van der Waals surface area contributed by atoms with Gasteiger partial charge in [-0.1, -0.05) is 46.3 Å². The maximum atomic E-state index is 12.8. The number of esters is 1. The quantitative estimate of drug-likeness (QED) is 0.469. The summed E-state index contributed by atoms with van der Waals surface area (Å²) in [4.78, 5) is 19.7. The molecule has 1 aliphatic rings. The average Bonchev–Trinajstić information content (AvgIpc) is 3.24. The van der Waals surface area contributed by atoms with E-state index in [-0.39, 0.29) is 18.1 Å². The maximum Gasteiger partial charge on any atom is 0.323 e. The van der Waals surface area contributed by atoms with Crippen molar-refractivity contribution in [3.8, 4) is 5.88 Å². The minimum atomic E-state index is -0.267. The Labute approximate surface area is 185 Å². The third kappa shape index (κ3) is 4.07. The predicted octanol–water partition coefficient (Wildman–Crippen LogP) is 5.12. The first-order valence-corrected chi connectivity index (χ1v) is 11.0. The molecule has 3 aromatic rings. The zero-order chi connectivity index (χ0) is 21.1. The van der Waals surface area contributed by atoms with Crippen LogP contribution in [0.2, 0.25) is 0 Å². The van der Waals surface area contributed by atoms with Crippen molar-refractivity contribution in [2.24, 2.45) is 0 Å². The second-order valence-corrected chi connectivity index (χ2v) is 8.29. The summed E-state index contributed by atoms with van der Waals surface area (Å²) >= 11 is 3.60. The van der Waals surface area contributed by atoms with Gasteiger partial charge in [-0.25, -0.2) is 4.98 Å². The molecule has 1 aliphatic heterocycles. The Morgan fingerprint density at radius 3 is 2.77 bits per heavy atom. The van der Waals surface area contributed by atoms with Crippen molar-refractivity contribution >= 4 is 32.8 Å². The summed E-state index contributed by atoms with van der Waals surface area (Å²) in [5.74, 6) is 0.412. The molecule has 2 atom stereocenters. The van der Waals surface area contributed by atoms with Crippen molar-refractivity contribution in [3.63, 3.8) is 0 Å². The van der Waals surface area contributed by atoms with Gasteiger partial charge in [0.05, 0.1) is 25.3 Å². The molecule has 1 fully saturated rings. The largest absolute Gasteiger partial charge is 0.481 e. The molecule has 0 radical (unpaired) electrons. The summed E-state index contributed by atoms with van der Waals surface area (Å²) in [6, 6.07) is 18.0. The molecule has 0 bridgehead atoms. The van der Waals surface area contributed by atoms with Crippen molar-refractivity contribution in [2.45, 2.75) is 31.8 Å². The highest BCUT2D eigenvalue weighted by Gasteiger charge is 2.38. The number of likely N-dealkylation sites (tertiary alicyclic amines) is 1. The van der Waals surface area contributed by atoms with E-state index in [1.807, 2.05) is 43.3 Å². The number of benzene rings is 2. The Kier molecular flexibility index (Phi) is 6.35. The number of carbonyl (C=O) groups is 1. The molecule has 0 N–H and O–H groups in total. The fraction of sp³-hybridized carbons (Fsp3) is 0.333. The predicted molar refractivity (Wildman–Crippen MR) is 121 cm³/mol. The lowest BCUT2D eigenvalue weighted by Crippen LogP contribution is -2.40. The van der Waals surface area contributed by atoms with Crippen molar-refractivity contribution in [3.05, 3.63) is 70.2 Å². The molecule has 0 saturated carbocycles. The van der Waals surface area contributed by atoms with Crippen LogP contribution in [0, 0.1) is 0 Å². The normalized spacial score (nSPS) is 17.8. The zero-order valence-electron chi connectivity index (χ0n) is 17.2. The SMILES string of the molecule is CCOC(=O)C1CCCN1C(c1ccccc1)c1cc(OC)nc2ccc(Br)cc12. The van der Waals surface area contributed by atoms with Gasteiger partial charge >= 0.3 is 5.97 Å². The number of aromatic nitrogens is 1. The van der Waals surface area contributed by atoms with Crippen LogP contribution in [0.4, 0.5) is 0 Å². The lowest BCUT2D eigenvalue weighted by Gasteiger charge is -2.33. The van der Waals surface area contributed by atoms with Crippen LogP contribution >= 0.6 is 15.9 Å². The van der Waals surface area contributed by atoms with Crippen LogP contribution in [0.1, 0.15) is 36.9 Å². The molecule has 30 heavy (non-hydrogen) atoms. The Morgan fingerprint density at radius 2 is 2.03 bits per heavy atom. The minimum Gasteiger partial charge on any atom is -0.481 e. The highest BCUT2D eigenvalue weighted by molar-refractivity contribution is 9.10. The topological polar surface area (TPSA) is 51.7 Å². The Hall–Kier alpha value is -2.44. The Balaban J connectivity index is 1.92. The molecule has 2 unspecified atom stereocenters. The second-order valence-electron chi connectivity index (χ2n) is 7.38.